The lowest BCUT2D eigenvalue weighted by atomic mass is 9.80. The highest BCUT2D eigenvalue weighted by Gasteiger charge is 2.32. The molecule has 1 saturated carbocycles. The van der Waals surface area contributed by atoms with Crippen LogP contribution in [0.4, 0.5) is 0 Å². The van der Waals surface area contributed by atoms with Gasteiger partial charge in [0.25, 0.3) is 0 Å². The van der Waals surface area contributed by atoms with Gasteiger partial charge in [-0.2, -0.15) is 0 Å². The van der Waals surface area contributed by atoms with Gasteiger partial charge in [0.2, 0.25) is 0 Å². The Morgan fingerprint density at radius 1 is 1.30 bits per heavy atom. The van der Waals surface area contributed by atoms with Crippen LogP contribution >= 0.6 is 0 Å². The molecule has 0 aromatic heterocycles. The van der Waals surface area contributed by atoms with E-state index in [0.717, 1.165) is 25.7 Å². The number of unbranched alkanes of at least 4 members (excludes halogenated alkanes) is 1. The molecule has 27 heavy (non-hydrogen) atoms. The van der Waals surface area contributed by atoms with Crippen molar-refractivity contribution in [2.24, 2.45) is 17.3 Å². The molecule has 0 heterocycles. The van der Waals surface area contributed by atoms with Crippen LogP contribution in [0.1, 0.15) is 72.1 Å². The average Bonchev–Trinajstić information content (AvgIpc) is 2.97. The predicted octanol–water partition coefficient (Wildman–Crippen LogP) is 3.89. The summed E-state index contributed by atoms with van der Waals surface area (Å²) in [5.41, 5.74) is -0.171. The number of carbonyl (C=O) groups is 2. The zero-order chi connectivity index (χ0) is 20.4. The Kier molecular flexibility index (Phi) is 9.95. The number of hydrogen-bond donors (Lipinski definition) is 3. The Hall–Kier alpha value is -1.46. The lowest BCUT2D eigenvalue weighted by Crippen LogP contribution is -2.27. The highest BCUT2D eigenvalue weighted by atomic mass is 16.4. The molecule has 0 bridgehead atoms. The molecule has 0 spiro atoms. The van der Waals surface area contributed by atoms with E-state index in [-0.39, 0.29) is 29.5 Å². The van der Waals surface area contributed by atoms with Gasteiger partial charge in [0.05, 0.1) is 6.10 Å². The first kappa shape index (κ1) is 23.6. The van der Waals surface area contributed by atoms with Crippen molar-refractivity contribution in [1.29, 1.82) is 0 Å². The summed E-state index contributed by atoms with van der Waals surface area (Å²) in [5, 5.41) is 28.4. The minimum atomic E-state index is -1.34. The number of hydrogen-bond acceptors (Lipinski definition) is 4. The van der Waals surface area contributed by atoms with Crippen molar-refractivity contribution >= 4 is 11.8 Å². The fourth-order valence-corrected chi connectivity index (χ4v) is 3.50. The van der Waals surface area contributed by atoms with Crippen LogP contribution in [0.2, 0.25) is 0 Å². The van der Waals surface area contributed by atoms with Gasteiger partial charge in [0.15, 0.2) is 6.10 Å². The Bertz CT molecular complexity index is 535. The van der Waals surface area contributed by atoms with Gasteiger partial charge >= 0.3 is 5.97 Å². The standard InChI is InChI=1S/C22H36O5/c1-4-5-15-22(2,3)20(25)14-12-16-11-13-18(23)17(16)9-7-6-8-10-19(24)21(26)27/h6-7,12,14,16-17,19-20,24-25H,4-5,8-11,13,15H2,1-3H3,(H,26,27)/t16-,17-,19?,20?/m1/s1. The average molecular weight is 381 g/mol. The number of aliphatic hydroxyl groups excluding tert-OH is 2. The van der Waals surface area contributed by atoms with E-state index in [0.29, 0.717) is 19.3 Å². The van der Waals surface area contributed by atoms with Gasteiger partial charge in [-0.25, -0.2) is 4.79 Å². The molecule has 0 amide bonds. The van der Waals surface area contributed by atoms with Crippen molar-refractivity contribution in [2.75, 3.05) is 0 Å². The second-order valence-electron chi connectivity index (χ2n) is 8.34. The SMILES string of the molecule is CCCCC(C)(C)C(O)C=C[C@H]1CCC(=O)[C@@H]1CC=CCCC(O)C(=O)O. The van der Waals surface area contributed by atoms with Gasteiger partial charge in [-0.3, -0.25) is 4.79 Å². The summed E-state index contributed by atoms with van der Waals surface area (Å²) in [6.07, 6.45) is 11.6. The Morgan fingerprint density at radius 3 is 2.63 bits per heavy atom. The number of Topliss-reactive ketones (excluding diaryl/α,β-unsaturated/α-hetero) is 1. The van der Waals surface area contributed by atoms with Crippen LogP contribution < -0.4 is 0 Å². The highest BCUT2D eigenvalue weighted by molar-refractivity contribution is 5.83. The first-order valence-electron chi connectivity index (χ1n) is 10.1. The van der Waals surface area contributed by atoms with Crippen LogP contribution in [0.15, 0.2) is 24.3 Å². The minimum Gasteiger partial charge on any atom is -0.479 e. The summed E-state index contributed by atoms with van der Waals surface area (Å²) in [6, 6.07) is 0. The molecular weight excluding hydrogens is 344 g/mol. The van der Waals surface area contributed by atoms with Crippen LogP contribution in [-0.4, -0.2) is 39.3 Å². The maximum Gasteiger partial charge on any atom is 0.332 e. The normalized spacial score (nSPS) is 23.4. The number of aliphatic hydroxyl groups is 2. The maximum absolute atomic E-state index is 12.2. The molecule has 0 aromatic carbocycles. The molecular formula is C22H36O5. The molecule has 3 N–H and O–H groups in total. The molecule has 154 valence electrons. The fraction of sp³-hybridized carbons (Fsp3) is 0.727. The number of carbonyl (C=O) groups excluding carboxylic acids is 1. The third kappa shape index (κ3) is 7.97. The van der Waals surface area contributed by atoms with Crippen molar-refractivity contribution in [2.45, 2.75) is 84.3 Å². The van der Waals surface area contributed by atoms with E-state index in [4.69, 9.17) is 5.11 Å². The van der Waals surface area contributed by atoms with E-state index >= 15 is 0 Å². The molecule has 5 heteroatoms. The Balaban J connectivity index is 2.55. The van der Waals surface area contributed by atoms with E-state index in [1.54, 1.807) is 0 Å². The predicted molar refractivity (Wildman–Crippen MR) is 106 cm³/mol. The number of ketones is 1. The molecule has 4 atom stereocenters. The second-order valence-corrected chi connectivity index (χ2v) is 8.34. The van der Waals surface area contributed by atoms with Crippen molar-refractivity contribution in [3.8, 4) is 0 Å². The number of carboxylic acid groups (broad SMARTS) is 1. The van der Waals surface area contributed by atoms with Crippen LogP contribution in [0, 0.1) is 17.3 Å². The van der Waals surface area contributed by atoms with Crippen LogP contribution in [-0.2, 0) is 9.59 Å². The van der Waals surface area contributed by atoms with Gasteiger partial charge < -0.3 is 15.3 Å². The molecule has 5 nitrogen and oxygen atoms in total. The molecule has 0 aliphatic heterocycles. The number of carboxylic acids is 1. The molecule has 1 aliphatic carbocycles. The van der Waals surface area contributed by atoms with E-state index < -0.39 is 18.2 Å². The summed E-state index contributed by atoms with van der Waals surface area (Å²) < 4.78 is 0. The molecule has 1 aliphatic rings. The van der Waals surface area contributed by atoms with E-state index in [1.165, 1.54) is 0 Å². The molecule has 2 unspecified atom stereocenters. The summed E-state index contributed by atoms with van der Waals surface area (Å²) in [5.74, 6) is -0.893. The third-order valence-corrected chi connectivity index (χ3v) is 5.62. The minimum absolute atomic E-state index is 0.0761. The van der Waals surface area contributed by atoms with Crippen LogP contribution in [0.3, 0.4) is 0 Å². The monoisotopic (exact) mass is 380 g/mol. The first-order valence-corrected chi connectivity index (χ1v) is 10.1. The van der Waals surface area contributed by atoms with E-state index in [9.17, 15) is 19.8 Å². The van der Waals surface area contributed by atoms with Gasteiger partial charge in [-0.15, -0.1) is 0 Å². The fourth-order valence-electron chi connectivity index (χ4n) is 3.50. The van der Waals surface area contributed by atoms with Gasteiger partial charge in [-0.1, -0.05) is 57.9 Å². The smallest absolute Gasteiger partial charge is 0.332 e. The second kappa shape index (κ2) is 11.4. The lowest BCUT2D eigenvalue weighted by molar-refractivity contribution is -0.146. The molecule has 0 aromatic rings. The largest absolute Gasteiger partial charge is 0.479 e. The molecule has 0 radical (unpaired) electrons. The van der Waals surface area contributed by atoms with Crippen LogP contribution in [0.5, 0.6) is 0 Å². The Morgan fingerprint density at radius 2 is 2.00 bits per heavy atom. The van der Waals surface area contributed by atoms with Crippen LogP contribution in [0.25, 0.3) is 0 Å². The summed E-state index contributed by atoms with van der Waals surface area (Å²) >= 11 is 0. The number of aliphatic carboxylic acids is 1. The third-order valence-electron chi connectivity index (χ3n) is 5.62. The van der Waals surface area contributed by atoms with Crippen molar-refractivity contribution in [3.05, 3.63) is 24.3 Å². The van der Waals surface area contributed by atoms with Crippen molar-refractivity contribution in [3.63, 3.8) is 0 Å². The van der Waals surface area contributed by atoms with Gasteiger partial charge in [0.1, 0.15) is 5.78 Å². The number of allylic oxidation sites excluding steroid dienone is 3. The van der Waals surface area contributed by atoms with Crippen molar-refractivity contribution in [1.82, 2.24) is 0 Å². The zero-order valence-corrected chi connectivity index (χ0v) is 16.9. The van der Waals surface area contributed by atoms with E-state index in [2.05, 4.69) is 20.8 Å². The lowest BCUT2D eigenvalue weighted by Gasteiger charge is -2.29. The van der Waals surface area contributed by atoms with Crippen molar-refractivity contribution < 1.29 is 24.9 Å². The summed E-state index contributed by atoms with van der Waals surface area (Å²) in [4.78, 5) is 22.7. The topological polar surface area (TPSA) is 94.8 Å². The van der Waals surface area contributed by atoms with Gasteiger partial charge in [0, 0.05) is 12.3 Å². The quantitative estimate of drug-likeness (QED) is 0.447. The van der Waals surface area contributed by atoms with E-state index in [1.807, 2.05) is 24.3 Å². The molecule has 1 rings (SSSR count). The maximum atomic E-state index is 12.2. The van der Waals surface area contributed by atoms with Gasteiger partial charge in [-0.05, 0) is 43.4 Å². The molecule has 0 saturated heterocycles. The highest BCUT2D eigenvalue weighted by Crippen LogP contribution is 2.34. The molecule has 1 fully saturated rings. The zero-order valence-electron chi connectivity index (χ0n) is 16.9. The first-order chi connectivity index (χ1) is 12.7. The number of rotatable bonds is 12. The summed E-state index contributed by atoms with van der Waals surface area (Å²) in [7, 11) is 0. The summed E-state index contributed by atoms with van der Waals surface area (Å²) in [6.45, 7) is 6.29. The Labute approximate surface area is 163 Å².